The molecule has 0 amide bonds. The fraction of sp³-hybridized carbons (Fsp3) is 0.167. The monoisotopic (exact) mass is 251 g/mol. The van der Waals surface area contributed by atoms with Gasteiger partial charge in [0.2, 0.25) is 0 Å². The minimum absolute atomic E-state index is 0.0993. The summed E-state index contributed by atoms with van der Waals surface area (Å²) in [5.41, 5.74) is 3.43. The third-order valence-electron chi connectivity index (χ3n) is 2.25. The zero-order chi connectivity index (χ0) is 11.5. The first-order valence-corrected chi connectivity index (χ1v) is 6.10. The maximum absolute atomic E-state index is 11.9. The van der Waals surface area contributed by atoms with Gasteiger partial charge in [-0.25, -0.2) is 4.98 Å². The van der Waals surface area contributed by atoms with Crippen LogP contribution in [0.2, 0.25) is 5.02 Å². The van der Waals surface area contributed by atoms with Crippen LogP contribution in [0.15, 0.2) is 29.8 Å². The molecular weight excluding hydrogens is 242 g/mol. The Kier molecular flexibility index (Phi) is 3.36. The maximum Gasteiger partial charge on any atom is 0.179 e. The zero-order valence-electron chi connectivity index (χ0n) is 8.74. The first-order chi connectivity index (χ1) is 7.66. The van der Waals surface area contributed by atoms with Crippen LogP contribution in [0.3, 0.4) is 0 Å². The van der Waals surface area contributed by atoms with Crippen LogP contribution in [0.4, 0.5) is 0 Å². The number of ketones is 1. The molecule has 2 aromatic rings. The Labute approximate surface area is 103 Å². The lowest BCUT2D eigenvalue weighted by Gasteiger charge is -2.00. The van der Waals surface area contributed by atoms with Crippen LogP contribution in [0, 0.1) is 6.92 Å². The number of nitrogens with zero attached hydrogens (tertiary/aromatic N) is 1. The van der Waals surface area contributed by atoms with Crippen LogP contribution in [0.25, 0.3) is 0 Å². The van der Waals surface area contributed by atoms with Crippen molar-refractivity contribution < 1.29 is 4.79 Å². The second-order valence-corrected chi connectivity index (χ2v) is 4.79. The van der Waals surface area contributed by atoms with Gasteiger partial charge in [-0.3, -0.25) is 4.79 Å². The molecule has 2 rings (SSSR count). The van der Waals surface area contributed by atoms with E-state index < -0.39 is 0 Å². The minimum atomic E-state index is 0.0993. The lowest BCUT2D eigenvalue weighted by atomic mass is 10.1. The Hall–Kier alpha value is -1.19. The smallest absolute Gasteiger partial charge is 0.179 e. The Morgan fingerprint density at radius 3 is 2.94 bits per heavy atom. The molecule has 0 radical (unpaired) electrons. The quantitative estimate of drug-likeness (QED) is 0.781. The molecule has 82 valence electrons. The number of rotatable bonds is 3. The highest BCUT2D eigenvalue weighted by Crippen LogP contribution is 2.17. The van der Waals surface area contributed by atoms with Crippen molar-refractivity contribution in [3.8, 4) is 0 Å². The second kappa shape index (κ2) is 4.76. The normalized spacial score (nSPS) is 10.4. The van der Waals surface area contributed by atoms with Gasteiger partial charge in [-0.2, -0.15) is 0 Å². The number of Topliss-reactive ketones (excluding diaryl/α,β-unsaturated/α-hetero) is 1. The Bertz CT molecular complexity index is 521. The molecule has 0 fully saturated rings. The van der Waals surface area contributed by atoms with Crippen molar-refractivity contribution in [1.82, 2.24) is 4.98 Å². The molecule has 0 bridgehead atoms. The fourth-order valence-corrected chi connectivity index (χ4v) is 2.44. The molecule has 0 saturated heterocycles. The summed E-state index contributed by atoms with van der Waals surface area (Å²) in [4.78, 5) is 16.7. The highest BCUT2D eigenvalue weighted by Gasteiger charge is 2.12. The summed E-state index contributed by atoms with van der Waals surface area (Å²) < 4.78 is 0. The summed E-state index contributed by atoms with van der Waals surface area (Å²) in [7, 11) is 0. The molecule has 4 heteroatoms. The predicted octanol–water partition coefficient (Wildman–Crippen LogP) is 3.53. The highest BCUT2D eigenvalue weighted by molar-refractivity contribution is 7.11. The maximum atomic E-state index is 11.9. The van der Waals surface area contributed by atoms with Crippen LogP contribution in [0.1, 0.15) is 20.9 Å². The zero-order valence-corrected chi connectivity index (χ0v) is 10.3. The third kappa shape index (κ3) is 2.49. The van der Waals surface area contributed by atoms with Crippen molar-refractivity contribution in [1.29, 1.82) is 0 Å². The van der Waals surface area contributed by atoms with E-state index in [9.17, 15) is 4.79 Å². The number of carbonyl (C=O) groups excluding carboxylic acids is 1. The van der Waals surface area contributed by atoms with Crippen molar-refractivity contribution in [2.75, 3.05) is 0 Å². The number of carbonyl (C=O) groups is 1. The van der Waals surface area contributed by atoms with Gasteiger partial charge < -0.3 is 0 Å². The average Bonchev–Trinajstić information content (AvgIpc) is 2.64. The van der Waals surface area contributed by atoms with E-state index in [0.29, 0.717) is 11.4 Å². The van der Waals surface area contributed by atoms with E-state index in [4.69, 9.17) is 11.6 Å². The van der Waals surface area contributed by atoms with E-state index in [0.717, 1.165) is 16.1 Å². The molecule has 0 saturated carbocycles. The Morgan fingerprint density at radius 2 is 2.31 bits per heavy atom. The highest BCUT2D eigenvalue weighted by atomic mass is 35.5. The summed E-state index contributed by atoms with van der Waals surface area (Å²) >= 11 is 7.25. The summed E-state index contributed by atoms with van der Waals surface area (Å²) in [5, 5.41) is 0.659. The van der Waals surface area contributed by atoms with Crippen LogP contribution in [-0.2, 0) is 6.42 Å². The Balaban J connectivity index is 2.17. The molecule has 0 unspecified atom stereocenters. The number of halogens is 1. The van der Waals surface area contributed by atoms with Crippen LogP contribution < -0.4 is 0 Å². The lowest BCUT2D eigenvalue weighted by molar-refractivity contribution is 0.0996. The van der Waals surface area contributed by atoms with E-state index in [1.54, 1.807) is 11.6 Å². The number of hydrogen-bond donors (Lipinski definition) is 0. The predicted molar refractivity (Wildman–Crippen MR) is 66.3 cm³/mol. The summed E-state index contributed by atoms with van der Waals surface area (Å²) in [6, 6.07) is 7.37. The van der Waals surface area contributed by atoms with Gasteiger partial charge in [-0.05, 0) is 24.6 Å². The van der Waals surface area contributed by atoms with Crippen molar-refractivity contribution in [3.05, 3.63) is 50.9 Å². The minimum Gasteiger partial charge on any atom is -0.293 e. The molecule has 1 aromatic heterocycles. The van der Waals surface area contributed by atoms with Gasteiger partial charge in [0.15, 0.2) is 5.78 Å². The standard InChI is InChI=1S/C12H10ClNOS/c1-8-12(16-7-14-8)11(15)6-9-3-2-4-10(13)5-9/h2-5,7H,6H2,1H3. The van der Waals surface area contributed by atoms with Gasteiger partial charge in [0, 0.05) is 11.4 Å². The van der Waals surface area contributed by atoms with Gasteiger partial charge in [0.05, 0.1) is 16.1 Å². The summed E-state index contributed by atoms with van der Waals surface area (Å²) in [5.74, 6) is 0.0993. The molecular formula is C12H10ClNOS. The van der Waals surface area contributed by atoms with Crippen molar-refractivity contribution in [2.24, 2.45) is 0 Å². The first kappa shape index (κ1) is 11.3. The van der Waals surface area contributed by atoms with E-state index in [2.05, 4.69) is 4.98 Å². The molecule has 1 aromatic carbocycles. The molecule has 2 nitrogen and oxygen atoms in total. The van der Waals surface area contributed by atoms with Gasteiger partial charge in [0.1, 0.15) is 0 Å². The fourth-order valence-electron chi connectivity index (χ4n) is 1.48. The number of aryl methyl sites for hydroxylation is 1. The number of aromatic nitrogens is 1. The van der Waals surface area contributed by atoms with E-state index in [1.807, 2.05) is 25.1 Å². The van der Waals surface area contributed by atoms with Gasteiger partial charge in [0.25, 0.3) is 0 Å². The van der Waals surface area contributed by atoms with E-state index >= 15 is 0 Å². The third-order valence-corrected chi connectivity index (χ3v) is 3.46. The van der Waals surface area contributed by atoms with Crippen LogP contribution in [0.5, 0.6) is 0 Å². The molecule has 0 aliphatic heterocycles. The number of hydrogen-bond acceptors (Lipinski definition) is 3. The van der Waals surface area contributed by atoms with E-state index in [-0.39, 0.29) is 5.78 Å². The van der Waals surface area contributed by atoms with Crippen molar-refractivity contribution in [3.63, 3.8) is 0 Å². The molecule has 0 aliphatic carbocycles. The number of thiazole rings is 1. The van der Waals surface area contributed by atoms with Crippen LogP contribution >= 0.6 is 22.9 Å². The topological polar surface area (TPSA) is 30.0 Å². The first-order valence-electron chi connectivity index (χ1n) is 4.84. The molecule has 1 heterocycles. The van der Waals surface area contributed by atoms with Gasteiger partial charge >= 0.3 is 0 Å². The molecule has 0 N–H and O–H groups in total. The van der Waals surface area contributed by atoms with Gasteiger partial charge in [-0.15, -0.1) is 11.3 Å². The Morgan fingerprint density at radius 1 is 1.50 bits per heavy atom. The largest absolute Gasteiger partial charge is 0.293 e. The second-order valence-electron chi connectivity index (χ2n) is 3.50. The van der Waals surface area contributed by atoms with Crippen molar-refractivity contribution >= 4 is 28.7 Å². The summed E-state index contributed by atoms with van der Waals surface area (Å²) in [6.07, 6.45) is 0.379. The van der Waals surface area contributed by atoms with Crippen molar-refractivity contribution in [2.45, 2.75) is 13.3 Å². The molecule has 0 atom stereocenters. The molecule has 0 aliphatic rings. The van der Waals surface area contributed by atoms with Gasteiger partial charge in [-0.1, -0.05) is 23.7 Å². The molecule has 16 heavy (non-hydrogen) atoms. The SMILES string of the molecule is Cc1ncsc1C(=O)Cc1cccc(Cl)c1. The number of benzene rings is 1. The molecule has 0 spiro atoms. The van der Waals surface area contributed by atoms with Crippen LogP contribution in [-0.4, -0.2) is 10.8 Å². The lowest BCUT2D eigenvalue weighted by Crippen LogP contribution is -2.03. The average molecular weight is 252 g/mol. The van der Waals surface area contributed by atoms with E-state index in [1.165, 1.54) is 11.3 Å². The summed E-state index contributed by atoms with van der Waals surface area (Å²) in [6.45, 7) is 1.85.